The molecular weight excluding hydrogens is 791 g/mol. The number of amides is 5. The molecule has 0 saturated carbocycles. The molecule has 4 aliphatic heterocycles. The molecule has 3 fully saturated rings. The molecule has 14 heteroatoms. The van der Waals surface area contributed by atoms with Gasteiger partial charge in [-0.1, -0.05) is 104 Å². The Morgan fingerprint density at radius 1 is 0.839 bits per heavy atom. The van der Waals surface area contributed by atoms with Crippen LogP contribution >= 0.6 is 0 Å². The summed E-state index contributed by atoms with van der Waals surface area (Å²) in [5.41, 5.74) is 6.14. The molecule has 4 aliphatic rings. The number of anilines is 1. The first kappa shape index (κ1) is 42.0. The summed E-state index contributed by atoms with van der Waals surface area (Å²) in [6.07, 6.45) is 2.45. The number of phenolic OH excluding ortho intramolecular Hbond substituents is 1. The van der Waals surface area contributed by atoms with Gasteiger partial charge < -0.3 is 35.3 Å². The van der Waals surface area contributed by atoms with Gasteiger partial charge in [-0.25, -0.2) is 14.5 Å². The number of rotatable bonds is 8. The molecule has 4 aromatic carbocycles. The van der Waals surface area contributed by atoms with Gasteiger partial charge in [-0.05, 0) is 65.4 Å². The van der Waals surface area contributed by atoms with Crippen molar-refractivity contribution >= 4 is 35.6 Å². The first-order chi connectivity index (χ1) is 30.2. The first-order valence-electron chi connectivity index (χ1n) is 21.0. The molecule has 0 aromatic heterocycles. The van der Waals surface area contributed by atoms with Crippen LogP contribution in [0.2, 0.25) is 0 Å². The molecular formula is C48H49N5O9. The highest BCUT2D eigenvalue weighted by atomic mass is 16.6. The minimum absolute atomic E-state index is 0.0333. The third kappa shape index (κ3) is 7.63. The lowest BCUT2D eigenvalue weighted by atomic mass is 9.64. The van der Waals surface area contributed by atoms with Gasteiger partial charge in [-0.15, -0.1) is 0 Å². The number of nitrogens with zero attached hydrogens (tertiary/aromatic N) is 3. The zero-order chi connectivity index (χ0) is 43.4. The van der Waals surface area contributed by atoms with E-state index in [1.807, 2.05) is 65.6 Å². The minimum atomic E-state index is -1.99. The zero-order valence-electron chi connectivity index (χ0n) is 34.4. The number of nitrogens with two attached hydrogens (primary N) is 1. The fourth-order valence-electron chi connectivity index (χ4n) is 9.82. The molecule has 14 nitrogen and oxygen atoms in total. The van der Waals surface area contributed by atoms with Gasteiger partial charge in [0.2, 0.25) is 11.8 Å². The van der Waals surface area contributed by atoms with E-state index in [-0.39, 0.29) is 36.8 Å². The highest BCUT2D eigenvalue weighted by molar-refractivity contribution is 6.23. The van der Waals surface area contributed by atoms with Crippen LogP contribution in [0.5, 0.6) is 5.75 Å². The van der Waals surface area contributed by atoms with Crippen LogP contribution in [0.15, 0.2) is 103 Å². The number of aromatic hydroxyl groups is 1. The molecule has 4 N–H and O–H groups in total. The number of imide groups is 1. The zero-order valence-corrected chi connectivity index (χ0v) is 34.4. The van der Waals surface area contributed by atoms with Gasteiger partial charge in [-0.2, -0.15) is 0 Å². The van der Waals surface area contributed by atoms with E-state index < -0.39 is 65.5 Å². The molecule has 1 spiro atoms. The minimum Gasteiger partial charge on any atom is -0.508 e. The number of fused-ring (bicyclic) bond motifs is 3. The number of morpholine rings is 1. The van der Waals surface area contributed by atoms with Crippen LogP contribution in [-0.2, 0) is 34.0 Å². The average molecular weight is 840 g/mol. The quantitative estimate of drug-likeness (QED) is 0.114. The molecule has 5 amide bonds. The molecule has 4 aromatic rings. The molecule has 0 bridgehead atoms. The summed E-state index contributed by atoms with van der Waals surface area (Å²) in [4.78, 5) is 77.9. The maximum atomic E-state index is 16.2. The number of cyclic esters (lactones) is 1. The number of benzene rings is 4. The summed E-state index contributed by atoms with van der Waals surface area (Å²) < 4.78 is 17.4. The van der Waals surface area contributed by atoms with Gasteiger partial charge >= 0.3 is 18.1 Å². The Labute approximate surface area is 359 Å². The Hall–Kier alpha value is -6.69. The number of hydrogen-bond donors (Lipinski definition) is 3. The van der Waals surface area contributed by atoms with Crippen molar-refractivity contribution in [3.05, 3.63) is 131 Å². The van der Waals surface area contributed by atoms with Crippen LogP contribution in [0.1, 0.15) is 78.1 Å². The summed E-state index contributed by atoms with van der Waals surface area (Å²) in [5, 5.41) is 13.1. The largest absolute Gasteiger partial charge is 0.508 e. The molecule has 0 unspecified atom stereocenters. The summed E-state index contributed by atoms with van der Waals surface area (Å²) in [6, 6.07) is 26.2. The van der Waals surface area contributed by atoms with Crippen molar-refractivity contribution in [2.75, 3.05) is 44.9 Å². The van der Waals surface area contributed by atoms with Crippen LogP contribution in [0.3, 0.4) is 0 Å². The lowest BCUT2D eigenvalue weighted by molar-refractivity contribution is -0.179. The number of nitrogens with one attached hydrogen (secondary N) is 1. The molecule has 0 radical (unpaired) electrons. The molecule has 62 heavy (non-hydrogen) atoms. The van der Waals surface area contributed by atoms with Crippen molar-refractivity contribution < 1.29 is 43.3 Å². The first-order valence-corrected chi connectivity index (χ1v) is 21.0. The second-order valence-electron chi connectivity index (χ2n) is 15.9. The van der Waals surface area contributed by atoms with Gasteiger partial charge in [0.15, 0.2) is 0 Å². The second-order valence-corrected chi connectivity index (χ2v) is 15.9. The third-order valence-corrected chi connectivity index (χ3v) is 12.4. The summed E-state index contributed by atoms with van der Waals surface area (Å²) >= 11 is 0. The van der Waals surface area contributed by atoms with E-state index in [1.165, 1.54) is 19.2 Å². The average Bonchev–Trinajstić information content (AvgIpc) is 3.72. The van der Waals surface area contributed by atoms with Crippen molar-refractivity contribution in [3.8, 4) is 17.6 Å². The van der Waals surface area contributed by atoms with Crippen LogP contribution in [0.25, 0.3) is 0 Å². The Balaban J connectivity index is 1.45. The van der Waals surface area contributed by atoms with E-state index >= 15 is 14.4 Å². The standard InChI is InChI=1S/C48H49N5O9/c1-60-28-29-61-47(59)52-37-24-19-31(14-13-25-50-46(49)58)30-36(37)48(45(52)57)38(43(55)51-26-11-3-2-4-12-27-51)40-44(56)62-41(33-17-9-6-10-18-33)39(32-15-7-5-8-16-32)53(40)42(48)34-20-22-35(54)23-21-34/h5-10,15-24,30,38-42,54H,2-4,11-12,25-29H2,1H3,(H3,49,50,58)/t38-,39-,40-,41+,42+,48-/m1/s1. The van der Waals surface area contributed by atoms with Crippen LogP contribution in [0.4, 0.5) is 15.3 Å². The number of primary amides is 1. The maximum absolute atomic E-state index is 16.2. The number of hydrogen-bond acceptors (Lipinski definition) is 10. The molecule has 3 saturated heterocycles. The van der Waals surface area contributed by atoms with Crippen molar-refractivity contribution in [3.63, 3.8) is 0 Å². The molecule has 4 heterocycles. The molecule has 6 atom stereocenters. The van der Waals surface area contributed by atoms with Crippen LogP contribution < -0.4 is 16.0 Å². The molecule has 0 aliphatic carbocycles. The SMILES string of the molecule is COCCOC(=O)N1C(=O)[C@@]2(c3cc(C#CCNC(N)=O)ccc31)[C@H](c1ccc(O)cc1)N1[C@H](c3ccccc3)[C@H](c3ccccc3)OC(=O)[C@H]1[C@@H]2C(=O)N1CCCCCCC1. The normalized spacial score (nSPS) is 24.5. The molecule has 8 rings (SSSR count). The van der Waals surface area contributed by atoms with E-state index in [9.17, 15) is 14.7 Å². The molecule has 320 valence electrons. The van der Waals surface area contributed by atoms with E-state index in [4.69, 9.17) is 19.9 Å². The van der Waals surface area contributed by atoms with Crippen LogP contribution in [-0.4, -0.2) is 90.8 Å². The number of phenols is 1. The Kier molecular flexibility index (Phi) is 12.3. The van der Waals surface area contributed by atoms with Crippen molar-refractivity contribution in [2.24, 2.45) is 11.7 Å². The maximum Gasteiger partial charge on any atom is 0.421 e. The number of carbonyl (C=O) groups excluding carboxylic acids is 5. The van der Waals surface area contributed by atoms with Gasteiger partial charge in [-0.3, -0.25) is 19.3 Å². The van der Waals surface area contributed by atoms with Crippen molar-refractivity contribution in [1.82, 2.24) is 15.1 Å². The third-order valence-electron chi connectivity index (χ3n) is 12.4. The number of ether oxygens (including phenoxy) is 3. The van der Waals surface area contributed by atoms with E-state index in [0.29, 0.717) is 29.8 Å². The highest BCUT2D eigenvalue weighted by Crippen LogP contribution is 2.66. The van der Waals surface area contributed by atoms with E-state index in [0.717, 1.165) is 42.6 Å². The predicted octanol–water partition coefficient (Wildman–Crippen LogP) is 5.65. The van der Waals surface area contributed by atoms with Crippen molar-refractivity contribution in [2.45, 2.75) is 61.7 Å². The summed E-state index contributed by atoms with van der Waals surface area (Å²) in [5.74, 6) is 2.59. The smallest absolute Gasteiger partial charge is 0.421 e. The second kappa shape index (κ2) is 18.1. The van der Waals surface area contributed by atoms with E-state index in [2.05, 4.69) is 17.2 Å². The number of methoxy groups -OCH3 is 1. The topological polar surface area (TPSA) is 181 Å². The monoisotopic (exact) mass is 839 g/mol. The van der Waals surface area contributed by atoms with Crippen LogP contribution in [0, 0.1) is 17.8 Å². The highest BCUT2D eigenvalue weighted by Gasteiger charge is 2.76. The fraction of sp³-hybridized carbons (Fsp3) is 0.354. The lowest BCUT2D eigenvalue weighted by Crippen LogP contribution is -2.56. The number of carbonyl (C=O) groups is 5. The Morgan fingerprint density at radius 2 is 1.50 bits per heavy atom. The Morgan fingerprint density at radius 3 is 2.16 bits per heavy atom. The van der Waals surface area contributed by atoms with Gasteiger partial charge in [0.25, 0.3) is 0 Å². The van der Waals surface area contributed by atoms with Gasteiger partial charge in [0, 0.05) is 25.8 Å². The number of urea groups is 1. The Bertz CT molecular complexity index is 2380. The fourth-order valence-corrected chi connectivity index (χ4v) is 9.82. The van der Waals surface area contributed by atoms with Crippen molar-refractivity contribution in [1.29, 1.82) is 0 Å². The summed E-state index contributed by atoms with van der Waals surface area (Å²) in [7, 11) is 1.46. The van der Waals surface area contributed by atoms with Gasteiger partial charge in [0.05, 0.1) is 36.8 Å². The predicted molar refractivity (Wildman–Crippen MR) is 227 cm³/mol. The summed E-state index contributed by atoms with van der Waals surface area (Å²) in [6.45, 7) is 0.655. The van der Waals surface area contributed by atoms with Gasteiger partial charge in [0.1, 0.15) is 29.9 Å². The number of likely N-dealkylation sites (tertiary alicyclic amines) is 1. The lowest BCUT2D eigenvalue weighted by Gasteiger charge is -2.46. The number of esters is 1. The van der Waals surface area contributed by atoms with E-state index in [1.54, 1.807) is 35.2 Å².